The van der Waals surface area contributed by atoms with E-state index >= 15 is 4.39 Å². The number of aromatic nitrogens is 1. The SMILES string of the molecule is C=C1NSc2c1c(=O)c1cc(F)c(-c3cccc(CCCN4CCNCC4)c3)cc1n2C1CC1. The Labute approximate surface area is 203 Å². The van der Waals surface area contributed by atoms with Crippen LogP contribution in [0.25, 0.3) is 27.7 Å². The summed E-state index contributed by atoms with van der Waals surface area (Å²) in [5.74, 6) is -0.353. The summed E-state index contributed by atoms with van der Waals surface area (Å²) < 4.78 is 20.8. The third kappa shape index (κ3) is 3.96. The van der Waals surface area contributed by atoms with Gasteiger partial charge in [0.2, 0.25) is 0 Å². The molecule has 0 spiro atoms. The molecule has 1 saturated heterocycles. The first-order chi connectivity index (χ1) is 16.6. The Morgan fingerprint density at radius 2 is 1.97 bits per heavy atom. The maximum absolute atomic E-state index is 15.4. The Hall–Kier alpha value is -2.61. The average Bonchev–Trinajstić information content (AvgIpc) is 3.61. The van der Waals surface area contributed by atoms with Crippen LogP contribution < -0.4 is 15.5 Å². The van der Waals surface area contributed by atoms with Crippen LogP contribution in [0.1, 0.15) is 36.4 Å². The van der Waals surface area contributed by atoms with Gasteiger partial charge in [-0.05, 0) is 55.5 Å². The van der Waals surface area contributed by atoms with Gasteiger partial charge in [0.15, 0.2) is 5.43 Å². The van der Waals surface area contributed by atoms with Crippen LogP contribution in [0.2, 0.25) is 0 Å². The molecule has 2 N–H and O–H groups in total. The summed E-state index contributed by atoms with van der Waals surface area (Å²) in [6, 6.07) is 11.9. The lowest BCUT2D eigenvalue weighted by atomic mass is 9.98. The van der Waals surface area contributed by atoms with Gasteiger partial charge in [-0.15, -0.1) is 0 Å². The van der Waals surface area contributed by atoms with Crippen molar-refractivity contribution in [3.63, 3.8) is 0 Å². The summed E-state index contributed by atoms with van der Waals surface area (Å²) in [6.45, 7) is 9.42. The van der Waals surface area contributed by atoms with E-state index in [1.54, 1.807) is 0 Å². The molecule has 3 aliphatic rings. The van der Waals surface area contributed by atoms with Gasteiger partial charge < -0.3 is 19.5 Å². The smallest absolute Gasteiger partial charge is 0.200 e. The molecule has 176 valence electrons. The van der Waals surface area contributed by atoms with Crippen molar-refractivity contribution < 1.29 is 4.39 Å². The normalized spacial score (nSPS) is 18.3. The predicted octanol–water partition coefficient (Wildman–Crippen LogP) is 4.56. The highest BCUT2D eigenvalue weighted by atomic mass is 32.2. The summed E-state index contributed by atoms with van der Waals surface area (Å²) in [5.41, 5.74) is 4.51. The fourth-order valence-electron chi connectivity index (χ4n) is 5.18. The van der Waals surface area contributed by atoms with E-state index in [1.165, 1.54) is 23.6 Å². The highest BCUT2D eigenvalue weighted by Crippen LogP contribution is 2.44. The zero-order chi connectivity index (χ0) is 23.2. The second kappa shape index (κ2) is 8.87. The molecule has 1 aliphatic carbocycles. The molecule has 0 unspecified atom stereocenters. The van der Waals surface area contributed by atoms with E-state index in [-0.39, 0.29) is 11.2 Å². The van der Waals surface area contributed by atoms with E-state index in [9.17, 15) is 4.79 Å². The third-order valence-electron chi connectivity index (χ3n) is 7.12. The molecule has 1 aromatic heterocycles. The lowest BCUT2D eigenvalue weighted by Gasteiger charge is -2.27. The van der Waals surface area contributed by atoms with E-state index in [0.717, 1.165) is 74.5 Å². The topological polar surface area (TPSA) is 49.3 Å². The quantitative estimate of drug-likeness (QED) is 0.511. The van der Waals surface area contributed by atoms with E-state index in [4.69, 9.17) is 0 Å². The lowest BCUT2D eigenvalue weighted by molar-refractivity contribution is 0.238. The van der Waals surface area contributed by atoms with Crippen LogP contribution in [0.15, 0.2) is 52.8 Å². The number of halogens is 1. The van der Waals surface area contributed by atoms with Gasteiger partial charge in [0, 0.05) is 55.1 Å². The number of hydrogen-bond donors (Lipinski definition) is 2. The number of nitrogens with one attached hydrogen (secondary N) is 2. The second-order valence-corrected chi connectivity index (χ2v) is 10.3. The number of aryl methyl sites for hydroxylation is 1. The lowest BCUT2D eigenvalue weighted by Crippen LogP contribution is -2.43. The Morgan fingerprint density at radius 1 is 1.15 bits per heavy atom. The number of pyridine rings is 1. The third-order valence-corrected chi connectivity index (χ3v) is 8.06. The minimum atomic E-state index is -0.353. The molecule has 6 rings (SSSR count). The number of fused-ring (bicyclic) bond motifs is 2. The molecule has 2 fully saturated rings. The van der Waals surface area contributed by atoms with Gasteiger partial charge in [-0.25, -0.2) is 4.39 Å². The molecule has 0 atom stereocenters. The van der Waals surface area contributed by atoms with Crippen molar-refractivity contribution in [3.8, 4) is 11.1 Å². The zero-order valence-corrected chi connectivity index (χ0v) is 20.0. The van der Waals surface area contributed by atoms with E-state index in [2.05, 4.69) is 38.2 Å². The number of rotatable bonds is 6. The van der Waals surface area contributed by atoms with E-state index in [0.29, 0.717) is 28.3 Å². The molecule has 0 bridgehead atoms. The first kappa shape index (κ1) is 21.9. The Bertz CT molecular complexity index is 1340. The molecule has 2 aromatic carbocycles. The van der Waals surface area contributed by atoms with E-state index < -0.39 is 0 Å². The maximum Gasteiger partial charge on any atom is 0.200 e. The molecule has 7 heteroatoms. The van der Waals surface area contributed by atoms with Crippen LogP contribution in [0.4, 0.5) is 4.39 Å². The van der Waals surface area contributed by atoms with Crippen LogP contribution in [-0.2, 0) is 6.42 Å². The van der Waals surface area contributed by atoms with E-state index in [1.807, 2.05) is 18.2 Å². The van der Waals surface area contributed by atoms with Crippen LogP contribution in [0.5, 0.6) is 0 Å². The minimum Gasteiger partial charge on any atom is -0.330 e. The largest absolute Gasteiger partial charge is 0.330 e. The van der Waals surface area contributed by atoms with Gasteiger partial charge in [0.05, 0.1) is 16.8 Å². The summed E-state index contributed by atoms with van der Waals surface area (Å²) in [6.07, 6.45) is 4.21. The van der Waals surface area contributed by atoms with Gasteiger partial charge in [-0.2, -0.15) is 0 Å². The minimum absolute atomic E-state index is 0.142. The molecule has 0 radical (unpaired) electrons. The van der Waals surface area contributed by atoms with Gasteiger partial charge in [-0.1, -0.05) is 30.8 Å². The van der Waals surface area contributed by atoms with Crippen molar-refractivity contribution in [3.05, 3.63) is 70.1 Å². The van der Waals surface area contributed by atoms with Gasteiger partial charge in [-0.3, -0.25) is 4.79 Å². The first-order valence-corrected chi connectivity index (χ1v) is 13.0. The highest BCUT2D eigenvalue weighted by molar-refractivity contribution is 7.98. The Morgan fingerprint density at radius 3 is 2.76 bits per heavy atom. The molecular formula is C27H29FN4OS. The zero-order valence-electron chi connectivity index (χ0n) is 19.2. The van der Waals surface area contributed by atoms with Crippen molar-refractivity contribution in [2.45, 2.75) is 36.8 Å². The van der Waals surface area contributed by atoms with Crippen LogP contribution in [0.3, 0.4) is 0 Å². The van der Waals surface area contributed by atoms with Gasteiger partial charge in [0.1, 0.15) is 10.8 Å². The van der Waals surface area contributed by atoms with Crippen molar-refractivity contribution in [1.29, 1.82) is 0 Å². The fraction of sp³-hybridized carbons (Fsp3) is 0.370. The van der Waals surface area contributed by atoms with Crippen LogP contribution in [-0.4, -0.2) is 42.2 Å². The predicted molar refractivity (Wildman–Crippen MR) is 138 cm³/mol. The monoisotopic (exact) mass is 476 g/mol. The molecule has 0 amide bonds. The van der Waals surface area contributed by atoms with Gasteiger partial charge in [0.25, 0.3) is 0 Å². The summed E-state index contributed by atoms with van der Waals surface area (Å²) >= 11 is 1.44. The maximum atomic E-state index is 15.4. The van der Waals surface area contributed by atoms with Gasteiger partial charge >= 0.3 is 0 Å². The Kier molecular flexibility index (Phi) is 5.71. The summed E-state index contributed by atoms with van der Waals surface area (Å²) in [5, 5.41) is 4.73. The molecule has 3 aromatic rings. The number of piperazine rings is 1. The van der Waals surface area contributed by atoms with Crippen molar-refractivity contribution in [1.82, 2.24) is 19.5 Å². The number of hydrogen-bond acceptors (Lipinski definition) is 5. The average molecular weight is 477 g/mol. The number of benzene rings is 2. The summed E-state index contributed by atoms with van der Waals surface area (Å²) in [4.78, 5) is 15.7. The molecule has 5 nitrogen and oxygen atoms in total. The van der Waals surface area contributed by atoms with Crippen molar-refractivity contribution >= 4 is 28.5 Å². The van der Waals surface area contributed by atoms with Crippen LogP contribution in [0, 0.1) is 5.82 Å². The van der Waals surface area contributed by atoms with Crippen molar-refractivity contribution in [2.24, 2.45) is 0 Å². The van der Waals surface area contributed by atoms with Crippen LogP contribution >= 0.6 is 11.9 Å². The molecule has 34 heavy (non-hydrogen) atoms. The second-order valence-electron chi connectivity index (χ2n) is 9.54. The fourth-order valence-corrected chi connectivity index (χ4v) is 6.17. The molecular weight excluding hydrogens is 447 g/mol. The Balaban J connectivity index is 1.35. The summed E-state index contributed by atoms with van der Waals surface area (Å²) in [7, 11) is 0. The molecule has 1 saturated carbocycles. The van der Waals surface area contributed by atoms with Crippen molar-refractivity contribution in [2.75, 3.05) is 32.7 Å². The first-order valence-electron chi connectivity index (χ1n) is 12.2. The molecule has 2 aliphatic heterocycles. The standard InChI is InChI=1S/C27H29FN4OS/c1-17-25-26(33)22-15-23(28)21(16-24(22)32(20-7-8-20)27(25)34-30-17)19-6-2-4-18(14-19)5-3-11-31-12-9-29-10-13-31/h2,4,6,14-16,20,29-30H,1,3,5,7-13H2. The highest BCUT2D eigenvalue weighted by Gasteiger charge is 2.33. The molecule has 3 heterocycles. The number of nitrogens with zero attached hydrogens (tertiary/aromatic N) is 2.